The highest BCUT2D eigenvalue weighted by atomic mass is 16.4. The number of carbonyl (C=O) groups is 1. The number of rotatable bonds is 5. The third kappa shape index (κ3) is 3.97. The molecule has 26 heavy (non-hydrogen) atoms. The Morgan fingerprint density at radius 3 is 2.62 bits per heavy atom. The van der Waals surface area contributed by atoms with Gasteiger partial charge in [0, 0.05) is 12.2 Å². The molecule has 0 saturated heterocycles. The topological polar surface area (TPSA) is 88.2 Å². The van der Waals surface area contributed by atoms with Crippen LogP contribution in [0.25, 0.3) is 5.69 Å². The number of aliphatic hydroxyl groups is 1. The van der Waals surface area contributed by atoms with Crippen molar-refractivity contribution in [1.82, 2.24) is 15.0 Å². The van der Waals surface area contributed by atoms with Crippen molar-refractivity contribution < 1.29 is 15.0 Å². The van der Waals surface area contributed by atoms with Crippen molar-refractivity contribution in [1.29, 1.82) is 0 Å². The van der Waals surface area contributed by atoms with E-state index in [9.17, 15) is 9.90 Å². The van der Waals surface area contributed by atoms with Crippen LogP contribution in [0.4, 0.5) is 0 Å². The zero-order chi connectivity index (χ0) is 18.4. The lowest BCUT2D eigenvalue weighted by atomic mass is 10.1. The van der Waals surface area contributed by atoms with E-state index in [1.54, 1.807) is 18.3 Å². The summed E-state index contributed by atoms with van der Waals surface area (Å²) in [4.78, 5) is 11.7. The van der Waals surface area contributed by atoms with Gasteiger partial charge < -0.3 is 10.2 Å². The lowest BCUT2D eigenvalue weighted by molar-refractivity contribution is 0.0696. The van der Waals surface area contributed by atoms with Crippen molar-refractivity contribution in [3.8, 4) is 17.5 Å². The quantitative estimate of drug-likeness (QED) is 0.692. The summed E-state index contributed by atoms with van der Waals surface area (Å²) < 4.78 is 1.44. The molecule has 0 spiro atoms. The first kappa shape index (κ1) is 17.4. The Balaban J connectivity index is 2.06. The standard InChI is InChI=1S/C20H17N3O3/c24-13-5-9-17-14-23(22-21-17)19-16(8-4-10-18(19)20(25)26)12-11-15-6-2-1-3-7-15/h1-4,6-8,10,14,24H,5,9,13H2,(H,25,26). The van der Waals surface area contributed by atoms with E-state index in [0.717, 1.165) is 5.56 Å². The Labute approximate surface area is 150 Å². The number of hydrogen-bond donors (Lipinski definition) is 2. The Kier molecular flexibility index (Phi) is 5.42. The van der Waals surface area contributed by atoms with E-state index in [1.807, 2.05) is 30.3 Å². The van der Waals surface area contributed by atoms with Gasteiger partial charge in [-0.15, -0.1) is 5.10 Å². The minimum atomic E-state index is -1.06. The van der Waals surface area contributed by atoms with Crippen LogP contribution in [-0.4, -0.2) is 37.8 Å². The van der Waals surface area contributed by atoms with E-state index < -0.39 is 5.97 Å². The molecule has 1 heterocycles. The second-order valence-corrected chi connectivity index (χ2v) is 5.60. The fourth-order valence-corrected chi connectivity index (χ4v) is 2.51. The fraction of sp³-hybridized carbons (Fsp3) is 0.150. The Morgan fingerprint density at radius 1 is 1.08 bits per heavy atom. The van der Waals surface area contributed by atoms with E-state index in [4.69, 9.17) is 5.11 Å². The van der Waals surface area contributed by atoms with Gasteiger partial charge in [-0.2, -0.15) is 0 Å². The number of aliphatic hydroxyl groups excluding tert-OH is 1. The van der Waals surface area contributed by atoms with Crippen LogP contribution in [0.1, 0.15) is 33.6 Å². The number of aromatic carboxylic acids is 1. The highest BCUT2D eigenvalue weighted by Gasteiger charge is 2.16. The summed E-state index contributed by atoms with van der Waals surface area (Å²) in [5, 5.41) is 26.6. The third-order valence-corrected chi connectivity index (χ3v) is 3.74. The summed E-state index contributed by atoms with van der Waals surface area (Å²) in [7, 11) is 0. The molecule has 0 atom stereocenters. The van der Waals surface area contributed by atoms with Gasteiger partial charge in [0.2, 0.25) is 0 Å². The number of carboxylic acid groups (broad SMARTS) is 1. The van der Waals surface area contributed by atoms with E-state index in [0.29, 0.717) is 29.8 Å². The van der Waals surface area contributed by atoms with Crippen molar-refractivity contribution in [2.24, 2.45) is 0 Å². The fourth-order valence-electron chi connectivity index (χ4n) is 2.51. The smallest absolute Gasteiger partial charge is 0.337 e. The van der Waals surface area contributed by atoms with Crippen LogP contribution in [0.2, 0.25) is 0 Å². The molecule has 0 aliphatic rings. The van der Waals surface area contributed by atoms with Gasteiger partial charge in [-0.05, 0) is 37.1 Å². The maximum absolute atomic E-state index is 11.7. The monoisotopic (exact) mass is 347 g/mol. The maximum Gasteiger partial charge on any atom is 0.337 e. The molecule has 130 valence electrons. The highest BCUT2D eigenvalue weighted by Crippen LogP contribution is 2.19. The number of aryl methyl sites for hydroxylation is 1. The van der Waals surface area contributed by atoms with Crippen molar-refractivity contribution in [3.63, 3.8) is 0 Å². The molecular weight excluding hydrogens is 330 g/mol. The molecule has 3 rings (SSSR count). The van der Waals surface area contributed by atoms with Crippen LogP contribution in [0.3, 0.4) is 0 Å². The molecule has 6 heteroatoms. The summed E-state index contributed by atoms with van der Waals surface area (Å²) in [6, 6.07) is 14.4. The second-order valence-electron chi connectivity index (χ2n) is 5.60. The Hall–Kier alpha value is -3.43. The van der Waals surface area contributed by atoms with Crippen molar-refractivity contribution >= 4 is 5.97 Å². The lowest BCUT2D eigenvalue weighted by Gasteiger charge is -2.08. The summed E-state index contributed by atoms with van der Waals surface area (Å²) >= 11 is 0. The van der Waals surface area contributed by atoms with Gasteiger partial charge in [-0.1, -0.05) is 41.3 Å². The first-order valence-electron chi connectivity index (χ1n) is 8.15. The molecule has 0 unspecified atom stereocenters. The molecule has 0 radical (unpaired) electrons. The number of para-hydroxylation sites is 1. The van der Waals surface area contributed by atoms with Gasteiger partial charge in [0.05, 0.1) is 28.7 Å². The van der Waals surface area contributed by atoms with Crippen molar-refractivity contribution in [2.45, 2.75) is 12.8 Å². The van der Waals surface area contributed by atoms with Gasteiger partial charge in [-0.3, -0.25) is 0 Å². The predicted octanol–water partition coefficient (Wildman–Crippen LogP) is 2.29. The molecule has 1 aromatic heterocycles. The molecule has 0 aliphatic carbocycles. The van der Waals surface area contributed by atoms with Crippen LogP contribution in [0.15, 0.2) is 54.7 Å². The zero-order valence-corrected chi connectivity index (χ0v) is 14.0. The number of nitrogens with zero attached hydrogens (tertiary/aromatic N) is 3. The number of benzene rings is 2. The first-order chi connectivity index (χ1) is 12.7. The minimum Gasteiger partial charge on any atom is -0.478 e. The average molecular weight is 347 g/mol. The van der Waals surface area contributed by atoms with Gasteiger partial charge in [0.1, 0.15) is 0 Å². The van der Waals surface area contributed by atoms with Gasteiger partial charge in [0.15, 0.2) is 0 Å². The predicted molar refractivity (Wildman–Crippen MR) is 96.1 cm³/mol. The highest BCUT2D eigenvalue weighted by molar-refractivity contribution is 5.93. The third-order valence-electron chi connectivity index (χ3n) is 3.74. The maximum atomic E-state index is 11.7. The summed E-state index contributed by atoms with van der Waals surface area (Å²) in [6.07, 6.45) is 2.81. The summed E-state index contributed by atoms with van der Waals surface area (Å²) in [6.45, 7) is 0.0619. The molecule has 0 bridgehead atoms. The van der Waals surface area contributed by atoms with Crippen molar-refractivity contribution in [2.75, 3.05) is 6.61 Å². The first-order valence-corrected chi connectivity index (χ1v) is 8.15. The van der Waals surface area contributed by atoms with Crippen LogP contribution >= 0.6 is 0 Å². The Bertz CT molecular complexity index is 969. The lowest BCUT2D eigenvalue weighted by Crippen LogP contribution is -2.08. The van der Waals surface area contributed by atoms with Crippen LogP contribution in [0.5, 0.6) is 0 Å². The molecule has 0 saturated carbocycles. The zero-order valence-electron chi connectivity index (χ0n) is 14.0. The average Bonchev–Trinajstić information content (AvgIpc) is 3.13. The molecule has 3 aromatic rings. The van der Waals surface area contributed by atoms with E-state index in [2.05, 4.69) is 22.2 Å². The van der Waals surface area contributed by atoms with Crippen LogP contribution in [0, 0.1) is 11.8 Å². The molecular formula is C20H17N3O3. The number of carboxylic acids is 1. The number of aromatic nitrogens is 3. The molecule has 2 aromatic carbocycles. The van der Waals surface area contributed by atoms with Crippen LogP contribution in [-0.2, 0) is 6.42 Å². The van der Waals surface area contributed by atoms with Crippen molar-refractivity contribution in [3.05, 3.63) is 77.1 Å². The normalized spacial score (nSPS) is 10.2. The van der Waals surface area contributed by atoms with E-state index >= 15 is 0 Å². The second kappa shape index (κ2) is 8.10. The molecule has 2 N–H and O–H groups in total. The van der Waals surface area contributed by atoms with Gasteiger partial charge in [-0.25, -0.2) is 9.48 Å². The van der Waals surface area contributed by atoms with Gasteiger partial charge >= 0.3 is 5.97 Å². The summed E-state index contributed by atoms with van der Waals surface area (Å²) in [5.41, 5.74) is 2.55. The minimum absolute atomic E-state index is 0.0619. The molecule has 6 nitrogen and oxygen atoms in total. The Morgan fingerprint density at radius 2 is 1.88 bits per heavy atom. The summed E-state index contributed by atoms with van der Waals surface area (Å²) in [5.74, 6) is 5.02. The van der Waals surface area contributed by atoms with E-state index in [-0.39, 0.29) is 12.2 Å². The SMILES string of the molecule is O=C(O)c1cccc(C#Cc2ccccc2)c1-n1cc(CCCO)nn1. The van der Waals surface area contributed by atoms with Crippen LogP contribution < -0.4 is 0 Å². The number of hydrogen-bond acceptors (Lipinski definition) is 4. The van der Waals surface area contributed by atoms with E-state index in [1.165, 1.54) is 10.7 Å². The van der Waals surface area contributed by atoms with Gasteiger partial charge in [0.25, 0.3) is 0 Å². The largest absolute Gasteiger partial charge is 0.478 e. The molecule has 0 amide bonds. The molecule has 0 aliphatic heterocycles. The molecule has 0 fully saturated rings.